The van der Waals surface area contributed by atoms with E-state index in [4.69, 9.17) is 10.2 Å². The van der Waals surface area contributed by atoms with Crippen LogP contribution in [0.4, 0.5) is 0 Å². The molecule has 0 aliphatic rings. The van der Waals surface area contributed by atoms with Crippen LogP contribution in [0, 0.1) is 0 Å². The van der Waals surface area contributed by atoms with Gasteiger partial charge in [-0.1, -0.05) is 31.9 Å². The molecule has 0 saturated heterocycles. The number of aliphatic hydroxyl groups excluding tert-OH is 2. The van der Waals surface area contributed by atoms with E-state index >= 15 is 0 Å². The maximum atomic E-state index is 8.93. The average Bonchev–Trinajstić information content (AvgIpc) is 1.87. The third-order valence-corrected chi connectivity index (χ3v) is 2.40. The molecule has 0 aromatic carbocycles. The Morgan fingerprint density at radius 1 is 1.00 bits per heavy atom. The zero-order valence-electron chi connectivity index (χ0n) is 4.93. The van der Waals surface area contributed by atoms with Crippen molar-refractivity contribution >= 4 is 31.9 Å². The smallest absolute Gasteiger partial charge is 0.0661 e. The fourth-order valence-electron chi connectivity index (χ4n) is 0.440. The van der Waals surface area contributed by atoms with E-state index < -0.39 is 12.2 Å². The van der Waals surface area contributed by atoms with Crippen molar-refractivity contribution < 1.29 is 10.2 Å². The molecule has 0 fully saturated rings. The molecule has 0 heterocycles. The molecule has 9 heavy (non-hydrogen) atoms. The highest BCUT2D eigenvalue weighted by Crippen LogP contribution is 2.03. The summed E-state index contributed by atoms with van der Waals surface area (Å²) in [6, 6.07) is 0. The first-order valence-electron chi connectivity index (χ1n) is 2.68. The van der Waals surface area contributed by atoms with Crippen molar-refractivity contribution in [3.8, 4) is 0 Å². The molecular formula is C5H10Br2O2. The van der Waals surface area contributed by atoms with Crippen molar-refractivity contribution in [3.63, 3.8) is 0 Å². The largest absolute Gasteiger partial charge is 0.392 e. The van der Waals surface area contributed by atoms with Gasteiger partial charge in [-0.3, -0.25) is 0 Å². The van der Waals surface area contributed by atoms with Crippen molar-refractivity contribution in [1.82, 2.24) is 0 Å². The summed E-state index contributed by atoms with van der Waals surface area (Å²) in [6.07, 6.45) is -0.439. The Bertz CT molecular complexity index is 62.0. The first kappa shape index (κ1) is 9.88. The van der Waals surface area contributed by atoms with Gasteiger partial charge in [0.05, 0.1) is 12.2 Å². The summed E-state index contributed by atoms with van der Waals surface area (Å²) in [4.78, 5) is 0. The Kier molecular flexibility index (Phi) is 6.20. The molecule has 0 amide bonds. The van der Waals surface area contributed by atoms with Crippen LogP contribution >= 0.6 is 31.9 Å². The van der Waals surface area contributed by atoms with Gasteiger partial charge in [0.25, 0.3) is 0 Å². The molecule has 0 rings (SSSR count). The molecule has 0 aromatic rings. The Balaban J connectivity index is 3.22. The predicted molar refractivity (Wildman–Crippen MR) is 44.2 cm³/mol. The highest BCUT2D eigenvalue weighted by molar-refractivity contribution is 9.09. The van der Waals surface area contributed by atoms with Gasteiger partial charge < -0.3 is 10.2 Å². The molecule has 0 radical (unpaired) electrons. The third-order valence-electron chi connectivity index (χ3n) is 0.900. The first-order chi connectivity index (χ1) is 4.20. The van der Waals surface area contributed by atoms with Crippen molar-refractivity contribution in [3.05, 3.63) is 0 Å². The molecule has 0 bridgehead atoms. The number of rotatable bonds is 4. The minimum Gasteiger partial charge on any atom is -0.392 e. The maximum absolute atomic E-state index is 8.93. The zero-order valence-corrected chi connectivity index (χ0v) is 8.10. The van der Waals surface area contributed by atoms with Crippen LogP contribution in [0.25, 0.3) is 0 Å². The SMILES string of the molecule is O[C@H](CBr)C[C@H](O)CBr. The van der Waals surface area contributed by atoms with E-state index in [0.29, 0.717) is 17.1 Å². The molecule has 0 unspecified atom stereocenters. The topological polar surface area (TPSA) is 40.5 Å². The lowest BCUT2D eigenvalue weighted by atomic mass is 10.2. The summed E-state index contributed by atoms with van der Waals surface area (Å²) in [5.74, 6) is 0. The number of aliphatic hydroxyl groups is 2. The molecule has 0 spiro atoms. The van der Waals surface area contributed by atoms with Gasteiger partial charge in [0, 0.05) is 17.1 Å². The molecule has 2 N–H and O–H groups in total. The summed E-state index contributed by atoms with van der Waals surface area (Å²) in [6.45, 7) is 0. The number of halogens is 2. The summed E-state index contributed by atoms with van der Waals surface area (Å²) < 4.78 is 0. The van der Waals surface area contributed by atoms with E-state index in [2.05, 4.69) is 31.9 Å². The Hall–Kier alpha value is 0.880. The van der Waals surface area contributed by atoms with Gasteiger partial charge in [-0.15, -0.1) is 0 Å². The lowest BCUT2D eigenvalue weighted by Gasteiger charge is -2.09. The van der Waals surface area contributed by atoms with Crippen LogP contribution in [0.15, 0.2) is 0 Å². The minimum atomic E-state index is -0.433. The van der Waals surface area contributed by atoms with Crippen LogP contribution in [0.1, 0.15) is 6.42 Å². The molecule has 56 valence electrons. The van der Waals surface area contributed by atoms with E-state index in [-0.39, 0.29) is 0 Å². The highest BCUT2D eigenvalue weighted by atomic mass is 79.9. The molecule has 0 saturated carbocycles. The van der Waals surface area contributed by atoms with Gasteiger partial charge in [-0.25, -0.2) is 0 Å². The second-order valence-electron chi connectivity index (χ2n) is 1.85. The monoisotopic (exact) mass is 260 g/mol. The van der Waals surface area contributed by atoms with E-state index in [9.17, 15) is 0 Å². The van der Waals surface area contributed by atoms with Crippen LogP contribution in [0.2, 0.25) is 0 Å². The molecule has 2 nitrogen and oxygen atoms in total. The molecular weight excluding hydrogens is 252 g/mol. The van der Waals surface area contributed by atoms with Gasteiger partial charge in [0.2, 0.25) is 0 Å². The minimum absolute atomic E-state index is 0.427. The standard InChI is InChI=1S/C5H10Br2O2/c6-2-4(8)1-5(9)3-7/h4-5,8-9H,1-3H2/t4-,5-/m0/s1. The van der Waals surface area contributed by atoms with Gasteiger partial charge in [-0.2, -0.15) is 0 Å². The van der Waals surface area contributed by atoms with Crippen LogP contribution in [0.3, 0.4) is 0 Å². The fourth-order valence-corrected chi connectivity index (χ4v) is 0.969. The first-order valence-corrected chi connectivity index (χ1v) is 4.93. The molecule has 0 aromatic heterocycles. The highest BCUT2D eigenvalue weighted by Gasteiger charge is 2.08. The Labute approximate surface area is 71.5 Å². The lowest BCUT2D eigenvalue weighted by molar-refractivity contribution is 0.108. The second-order valence-corrected chi connectivity index (χ2v) is 3.15. The quantitative estimate of drug-likeness (QED) is 0.738. The second kappa shape index (κ2) is 5.65. The summed E-state index contributed by atoms with van der Waals surface area (Å²) in [5.41, 5.74) is 0. The fraction of sp³-hybridized carbons (Fsp3) is 1.00. The van der Waals surface area contributed by atoms with E-state index in [1.54, 1.807) is 0 Å². The Morgan fingerprint density at radius 3 is 1.56 bits per heavy atom. The lowest BCUT2D eigenvalue weighted by Crippen LogP contribution is -2.19. The van der Waals surface area contributed by atoms with Crippen molar-refractivity contribution in [2.24, 2.45) is 0 Å². The van der Waals surface area contributed by atoms with E-state index in [1.807, 2.05) is 0 Å². The van der Waals surface area contributed by atoms with Crippen LogP contribution in [-0.4, -0.2) is 33.1 Å². The van der Waals surface area contributed by atoms with Crippen molar-refractivity contribution in [2.45, 2.75) is 18.6 Å². The zero-order chi connectivity index (χ0) is 7.28. The number of hydrogen-bond donors (Lipinski definition) is 2. The predicted octanol–water partition coefficient (Wildman–Crippen LogP) is 0.888. The van der Waals surface area contributed by atoms with Gasteiger partial charge >= 0.3 is 0 Å². The van der Waals surface area contributed by atoms with Crippen LogP contribution in [-0.2, 0) is 0 Å². The van der Waals surface area contributed by atoms with E-state index in [0.717, 1.165) is 0 Å². The summed E-state index contributed by atoms with van der Waals surface area (Å²) in [7, 11) is 0. The molecule has 0 aliphatic carbocycles. The average molecular weight is 262 g/mol. The van der Waals surface area contributed by atoms with Crippen LogP contribution < -0.4 is 0 Å². The van der Waals surface area contributed by atoms with Gasteiger partial charge in [-0.05, 0) is 0 Å². The summed E-state index contributed by atoms with van der Waals surface area (Å²) >= 11 is 6.19. The van der Waals surface area contributed by atoms with Crippen molar-refractivity contribution in [2.75, 3.05) is 10.7 Å². The van der Waals surface area contributed by atoms with E-state index in [1.165, 1.54) is 0 Å². The van der Waals surface area contributed by atoms with Gasteiger partial charge in [0.1, 0.15) is 0 Å². The normalized spacial score (nSPS) is 17.3. The number of hydrogen-bond acceptors (Lipinski definition) is 2. The number of alkyl halides is 2. The Morgan fingerprint density at radius 2 is 1.33 bits per heavy atom. The van der Waals surface area contributed by atoms with Crippen molar-refractivity contribution in [1.29, 1.82) is 0 Å². The summed E-state index contributed by atoms with van der Waals surface area (Å²) in [5, 5.41) is 18.9. The van der Waals surface area contributed by atoms with Crippen LogP contribution in [0.5, 0.6) is 0 Å². The maximum Gasteiger partial charge on any atom is 0.0661 e. The van der Waals surface area contributed by atoms with Gasteiger partial charge in [0.15, 0.2) is 0 Å². The molecule has 2 atom stereocenters. The molecule has 0 aliphatic heterocycles. The third kappa shape index (κ3) is 5.33. The molecule has 4 heteroatoms.